The lowest BCUT2D eigenvalue weighted by molar-refractivity contribution is -0.137. The molecule has 194 valence electrons. The third kappa shape index (κ3) is 5.34. The summed E-state index contributed by atoms with van der Waals surface area (Å²) in [5.74, 6) is 0.989. The monoisotopic (exact) mass is 532 g/mol. The Bertz CT molecular complexity index is 1470. The molecule has 0 aliphatic carbocycles. The number of amides is 1. The number of fused-ring (bicyclic) bond motifs is 1. The number of halogens is 4. The SMILES string of the molecule is CCC(C)c1nccc(Oc2cccc3cc(C(=O)Nc4cc(C(F)(F)F)c(Cl)cc4OC)n(C)c23)n1. The van der Waals surface area contributed by atoms with Crippen molar-refractivity contribution in [2.45, 2.75) is 32.4 Å². The van der Waals surface area contributed by atoms with Crippen LogP contribution in [-0.4, -0.2) is 27.6 Å². The molecule has 0 saturated carbocycles. The van der Waals surface area contributed by atoms with Gasteiger partial charge in [0.1, 0.15) is 17.3 Å². The first kappa shape index (κ1) is 26.3. The third-order valence-electron chi connectivity index (χ3n) is 6.01. The zero-order chi connectivity index (χ0) is 26.9. The molecule has 1 amide bonds. The molecule has 1 N–H and O–H groups in total. The molecule has 0 aliphatic rings. The summed E-state index contributed by atoms with van der Waals surface area (Å²) in [4.78, 5) is 22.0. The predicted molar refractivity (Wildman–Crippen MR) is 135 cm³/mol. The first-order chi connectivity index (χ1) is 17.5. The van der Waals surface area contributed by atoms with Crippen molar-refractivity contribution in [1.82, 2.24) is 14.5 Å². The maximum absolute atomic E-state index is 13.4. The number of hydrogen-bond acceptors (Lipinski definition) is 5. The van der Waals surface area contributed by atoms with E-state index in [9.17, 15) is 18.0 Å². The molecular formula is C26H24ClF3N4O3. The first-order valence-corrected chi connectivity index (χ1v) is 11.8. The molecule has 1 atom stereocenters. The van der Waals surface area contributed by atoms with Gasteiger partial charge in [-0.15, -0.1) is 0 Å². The summed E-state index contributed by atoms with van der Waals surface area (Å²) in [6.07, 6.45) is -2.20. The van der Waals surface area contributed by atoms with Crippen LogP contribution in [0.4, 0.5) is 18.9 Å². The molecule has 0 radical (unpaired) electrons. The molecule has 1 unspecified atom stereocenters. The summed E-state index contributed by atoms with van der Waals surface area (Å²) in [5.41, 5.74) is -0.445. The Hall–Kier alpha value is -3.79. The average Bonchev–Trinajstić information content (AvgIpc) is 3.21. The fraction of sp³-hybridized carbons (Fsp3) is 0.269. The lowest BCUT2D eigenvalue weighted by atomic mass is 10.1. The number of nitrogens with one attached hydrogen (secondary N) is 1. The molecule has 4 rings (SSSR count). The lowest BCUT2D eigenvalue weighted by Gasteiger charge is -2.15. The molecular weight excluding hydrogens is 509 g/mol. The second-order valence-electron chi connectivity index (χ2n) is 8.43. The third-order valence-corrected chi connectivity index (χ3v) is 6.32. The summed E-state index contributed by atoms with van der Waals surface area (Å²) in [6.45, 7) is 4.07. The molecule has 37 heavy (non-hydrogen) atoms. The number of aryl methyl sites for hydroxylation is 1. The number of aromatic nitrogens is 3. The van der Waals surface area contributed by atoms with Crippen LogP contribution in [-0.2, 0) is 13.2 Å². The zero-order valence-corrected chi connectivity index (χ0v) is 21.2. The van der Waals surface area contributed by atoms with Crippen LogP contribution >= 0.6 is 11.6 Å². The van der Waals surface area contributed by atoms with Crippen LogP contribution in [0.5, 0.6) is 17.4 Å². The van der Waals surface area contributed by atoms with E-state index in [-0.39, 0.29) is 23.0 Å². The number of methoxy groups -OCH3 is 1. The van der Waals surface area contributed by atoms with Gasteiger partial charge in [0.2, 0.25) is 5.88 Å². The van der Waals surface area contributed by atoms with Gasteiger partial charge in [0, 0.05) is 36.7 Å². The number of benzene rings is 2. The molecule has 2 aromatic carbocycles. The fourth-order valence-corrected chi connectivity index (χ4v) is 4.11. The molecule has 0 aliphatic heterocycles. The molecule has 4 aromatic rings. The Morgan fingerprint density at radius 1 is 1.19 bits per heavy atom. The number of nitrogens with zero attached hydrogens (tertiary/aromatic N) is 3. The van der Waals surface area contributed by atoms with Gasteiger partial charge in [0.25, 0.3) is 5.91 Å². The van der Waals surface area contributed by atoms with Crippen molar-refractivity contribution in [2.75, 3.05) is 12.4 Å². The number of carbonyl (C=O) groups is 1. The molecule has 0 saturated heterocycles. The van der Waals surface area contributed by atoms with Gasteiger partial charge in [-0.25, -0.2) is 4.98 Å². The highest BCUT2D eigenvalue weighted by Crippen LogP contribution is 2.40. The van der Waals surface area contributed by atoms with Gasteiger partial charge >= 0.3 is 6.18 Å². The standard InChI is InChI=1S/C26H24ClF3N4O3/c1-5-14(2)24-31-10-9-22(33-24)37-20-8-6-7-15-11-19(34(3)23(15)20)25(35)32-18-12-16(26(28,29)30)17(27)13-21(18)36-4/h6-14H,5H2,1-4H3,(H,32,35). The van der Waals surface area contributed by atoms with Gasteiger partial charge in [0.05, 0.1) is 28.9 Å². The van der Waals surface area contributed by atoms with E-state index in [1.165, 1.54) is 7.11 Å². The van der Waals surface area contributed by atoms with E-state index in [0.717, 1.165) is 18.6 Å². The Morgan fingerprint density at radius 3 is 2.62 bits per heavy atom. The number of rotatable bonds is 7. The number of carbonyl (C=O) groups excluding carboxylic acids is 1. The highest BCUT2D eigenvalue weighted by molar-refractivity contribution is 6.31. The minimum Gasteiger partial charge on any atom is -0.495 e. The minimum absolute atomic E-state index is 0.00462. The largest absolute Gasteiger partial charge is 0.495 e. The number of hydrogen-bond donors (Lipinski definition) is 1. The second kappa shape index (κ2) is 10.3. The maximum Gasteiger partial charge on any atom is 0.417 e. The van der Waals surface area contributed by atoms with E-state index in [1.807, 2.05) is 13.8 Å². The van der Waals surface area contributed by atoms with Crippen molar-refractivity contribution >= 4 is 34.1 Å². The summed E-state index contributed by atoms with van der Waals surface area (Å²) >= 11 is 5.78. The number of alkyl halides is 3. The van der Waals surface area contributed by atoms with Crippen LogP contribution in [0.15, 0.2) is 48.7 Å². The number of para-hydroxylation sites is 1. The predicted octanol–water partition coefficient (Wildman–Crippen LogP) is 7.21. The number of anilines is 1. The summed E-state index contributed by atoms with van der Waals surface area (Å²) in [7, 11) is 2.93. The highest BCUT2D eigenvalue weighted by Gasteiger charge is 2.34. The summed E-state index contributed by atoms with van der Waals surface area (Å²) in [5, 5.41) is 2.67. The molecule has 11 heteroatoms. The molecule has 0 spiro atoms. The Labute approximate surface area is 216 Å². The smallest absolute Gasteiger partial charge is 0.417 e. The van der Waals surface area contributed by atoms with Gasteiger partial charge in [-0.2, -0.15) is 18.2 Å². The molecule has 2 aromatic heterocycles. The van der Waals surface area contributed by atoms with Crippen LogP contribution in [0.3, 0.4) is 0 Å². The Balaban J connectivity index is 1.69. The van der Waals surface area contributed by atoms with Gasteiger partial charge in [-0.05, 0) is 24.6 Å². The summed E-state index contributed by atoms with van der Waals surface area (Å²) in [6, 6.07) is 10.3. The van der Waals surface area contributed by atoms with Crippen LogP contribution in [0.1, 0.15) is 48.1 Å². The van der Waals surface area contributed by atoms with E-state index in [0.29, 0.717) is 28.4 Å². The zero-order valence-electron chi connectivity index (χ0n) is 20.5. The van der Waals surface area contributed by atoms with Crippen molar-refractivity contribution in [3.05, 3.63) is 70.8 Å². The molecule has 7 nitrogen and oxygen atoms in total. The number of ether oxygens (including phenoxy) is 2. The van der Waals surface area contributed by atoms with Crippen molar-refractivity contribution in [2.24, 2.45) is 7.05 Å². The van der Waals surface area contributed by atoms with Crippen LogP contribution in [0.25, 0.3) is 10.9 Å². The van der Waals surface area contributed by atoms with Gasteiger partial charge < -0.3 is 19.4 Å². The van der Waals surface area contributed by atoms with Crippen molar-refractivity contribution < 1.29 is 27.4 Å². The topological polar surface area (TPSA) is 78.3 Å². The summed E-state index contributed by atoms with van der Waals surface area (Å²) < 4.78 is 52.9. The van der Waals surface area contributed by atoms with E-state index in [2.05, 4.69) is 15.3 Å². The first-order valence-electron chi connectivity index (χ1n) is 11.4. The van der Waals surface area contributed by atoms with Gasteiger partial charge in [-0.3, -0.25) is 4.79 Å². The van der Waals surface area contributed by atoms with Crippen molar-refractivity contribution in [3.63, 3.8) is 0 Å². The maximum atomic E-state index is 13.4. The van der Waals surface area contributed by atoms with E-state index >= 15 is 0 Å². The average molecular weight is 533 g/mol. The van der Waals surface area contributed by atoms with Gasteiger partial charge in [0.15, 0.2) is 5.75 Å². The minimum atomic E-state index is -4.70. The lowest BCUT2D eigenvalue weighted by Crippen LogP contribution is -2.17. The molecule has 0 bridgehead atoms. The molecule has 0 fully saturated rings. The van der Waals surface area contributed by atoms with Crippen molar-refractivity contribution in [3.8, 4) is 17.4 Å². The van der Waals surface area contributed by atoms with Gasteiger partial charge in [-0.1, -0.05) is 37.6 Å². The van der Waals surface area contributed by atoms with Crippen LogP contribution < -0.4 is 14.8 Å². The van der Waals surface area contributed by atoms with E-state index in [4.69, 9.17) is 21.1 Å². The second-order valence-corrected chi connectivity index (χ2v) is 8.84. The van der Waals surface area contributed by atoms with Crippen molar-refractivity contribution in [1.29, 1.82) is 0 Å². The van der Waals surface area contributed by atoms with Crippen LogP contribution in [0, 0.1) is 0 Å². The normalized spacial score (nSPS) is 12.4. The fourth-order valence-electron chi connectivity index (χ4n) is 3.85. The quantitative estimate of drug-likeness (QED) is 0.272. The van der Waals surface area contributed by atoms with E-state index < -0.39 is 22.7 Å². The molecule has 2 heterocycles. The van der Waals surface area contributed by atoms with Crippen LogP contribution in [0.2, 0.25) is 5.02 Å². The van der Waals surface area contributed by atoms with E-state index in [1.54, 1.807) is 48.1 Å². The highest BCUT2D eigenvalue weighted by atomic mass is 35.5. The Kier molecular flexibility index (Phi) is 7.31. The Morgan fingerprint density at radius 2 is 1.95 bits per heavy atom.